The Hall–Kier alpha value is -3.92. The molecule has 2 aromatic carbocycles. The summed E-state index contributed by atoms with van der Waals surface area (Å²) in [4.78, 5) is 0. The Morgan fingerprint density at radius 3 is 2.52 bits per heavy atom. The third-order valence-corrected chi connectivity index (χ3v) is 6.94. The summed E-state index contributed by atoms with van der Waals surface area (Å²) in [6.07, 6.45) is 6.47. The first-order chi connectivity index (χ1) is 16.2. The minimum absolute atomic E-state index is 0.0679. The van der Waals surface area contributed by atoms with Gasteiger partial charge < -0.3 is 19.9 Å². The highest BCUT2D eigenvalue weighted by Crippen LogP contribution is 2.47. The molecule has 0 amide bonds. The Morgan fingerprint density at radius 1 is 0.970 bits per heavy atom. The van der Waals surface area contributed by atoms with Crippen molar-refractivity contribution in [1.29, 1.82) is 5.26 Å². The molecule has 166 valence electrons. The second kappa shape index (κ2) is 7.89. The van der Waals surface area contributed by atoms with Crippen molar-refractivity contribution in [2.75, 3.05) is 6.79 Å². The molecular weight excluding hydrogens is 416 g/mol. The van der Waals surface area contributed by atoms with Gasteiger partial charge >= 0.3 is 0 Å². The summed E-state index contributed by atoms with van der Waals surface area (Å²) in [6, 6.07) is 16.6. The van der Waals surface area contributed by atoms with E-state index in [0.29, 0.717) is 28.9 Å². The lowest BCUT2D eigenvalue weighted by atomic mass is 9.82. The van der Waals surface area contributed by atoms with E-state index < -0.39 is 5.92 Å². The molecule has 33 heavy (non-hydrogen) atoms. The highest BCUT2D eigenvalue weighted by atomic mass is 16.7. The largest absolute Gasteiger partial charge is 0.454 e. The summed E-state index contributed by atoms with van der Waals surface area (Å²) in [7, 11) is 0. The average molecular weight is 441 g/mol. The van der Waals surface area contributed by atoms with Crippen LogP contribution in [0.25, 0.3) is 11.3 Å². The summed E-state index contributed by atoms with van der Waals surface area (Å²) in [5.41, 5.74) is 11.3. The van der Waals surface area contributed by atoms with E-state index in [0.717, 1.165) is 22.4 Å². The maximum absolute atomic E-state index is 9.94. The summed E-state index contributed by atoms with van der Waals surface area (Å²) >= 11 is 0. The number of nitrogens with two attached hydrogens (primary N) is 1. The average Bonchev–Trinajstić information content (AvgIpc) is 3.50. The fourth-order valence-corrected chi connectivity index (χ4v) is 5.25. The molecule has 1 aromatic heterocycles. The molecular formula is C26H24N4O3. The van der Waals surface area contributed by atoms with E-state index in [-0.39, 0.29) is 12.7 Å². The summed E-state index contributed by atoms with van der Waals surface area (Å²) in [6.45, 7) is 0.186. The summed E-state index contributed by atoms with van der Waals surface area (Å²) in [5, 5.41) is 17.4. The summed E-state index contributed by atoms with van der Waals surface area (Å²) in [5.74, 6) is 2.01. The van der Waals surface area contributed by atoms with Crippen molar-refractivity contribution in [2.45, 2.75) is 43.9 Å². The molecule has 3 heterocycles. The first-order valence-corrected chi connectivity index (χ1v) is 11.4. The molecule has 0 radical (unpaired) electrons. The number of rotatable bonds is 3. The predicted octanol–water partition coefficient (Wildman–Crippen LogP) is 5.07. The van der Waals surface area contributed by atoms with Gasteiger partial charge in [-0.2, -0.15) is 5.26 Å². The molecule has 7 heteroatoms. The van der Waals surface area contributed by atoms with Gasteiger partial charge in [-0.3, -0.25) is 5.10 Å². The molecule has 6 rings (SSSR count). The highest BCUT2D eigenvalue weighted by Gasteiger charge is 2.36. The quantitative estimate of drug-likeness (QED) is 0.589. The third kappa shape index (κ3) is 3.30. The third-order valence-electron chi connectivity index (χ3n) is 6.94. The maximum Gasteiger partial charge on any atom is 0.244 e. The molecule has 7 nitrogen and oxygen atoms in total. The van der Waals surface area contributed by atoms with Gasteiger partial charge in [-0.1, -0.05) is 49.6 Å². The van der Waals surface area contributed by atoms with Crippen LogP contribution in [0.3, 0.4) is 0 Å². The van der Waals surface area contributed by atoms with E-state index in [1.165, 1.54) is 37.7 Å². The first kappa shape index (κ1) is 19.7. The Bertz CT molecular complexity index is 1280. The van der Waals surface area contributed by atoms with Crippen molar-refractivity contribution in [1.82, 2.24) is 10.2 Å². The van der Waals surface area contributed by atoms with Gasteiger partial charge in [0, 0.05) is 5.56 Å². The Balaban J connectivity index is 1.42. The predicted molar refractivity (Wildman–Crippen MR) is 122 cm³/mol. The number of aromatic nitrogens is 2. The van der Waals surface area contributed by atoms with Crippen molar-refractivity contribution in [3.05, 3.63) is 70.6 Å². The van der Waals surface area contributed by atoms with Crippen LogP contribution in [0.5, 0.6) is 17.4 Å². The van der Waals surface area contributed by atoms with Crippen LogP contribution >= 0.6 is 0 Å². The number of H-pyrrole nitrogens is 1. The second-order valence-electron chi connectivity index (χ2n) is 8.81. The van der Waals surface area contributed by atoms with Crippen LogP contribution in [0.1, 0.15) is 60.6 Å². The molecule has 3 aliphatic rings. The number of nitrogens with zero attached hydrogens (tertiary/aromatic N) is 2. The molecule has 0 saturated heterocycles. The molecule has 1 aliphatic carbocycles. The Kier molecular flexibility index (Phi) is 4.72. The maximum atomic E-state index is 9.94. The van der Waals surface area contributed by atoms with E-state index in [9.17, 15) is 5.26 Å². The fraction of sp³-hybridized carbons (Fsp3) is 0.308. The van der Waals surface area contributed by atoms with E-state index in [2.05, 4.69) is 40.5 Å². The van der Waals surface area contributed by atoms with Crippen LogP contribution < -0.4 is 19.9 Å². The van der Waals surface area contributed by atoms with Crippen molar-refractivity contribution in [3.63, 3.8) is 0 Å². The fourth-order valence-electron chi connectivity index (χ4n) is 5.25. The Labute approximate surface area is 191 Å². The number of ether oxygens (including phenoxy) is 3. The van der Waals surface area contributed by atoms with Gasteiger partial charge in [0.25, 0.3) is 0 Å². The van der Waals surface area contributed by atoms with Gasteiger partial charge in [-0.25, -0.2) is 0 Å². The van der Waals surface area contributed by atoms with Gasteiger partial charge in [0.1, 0.15) is 11.6 Å². The molecule has 2 aliphatic heterocycles. The summed E-state index contributed by atoms with van der Waals surface area (Å²) < 4.78 is 16.8. The molecule has 1 saturated carbocycles. The van der Waals surface area contributed by atoms with Crippen LogP contribution in [0.15, 0.2) is 53.9 Å². The number of allylic oxidation sites excluding steroid dienone is 1. The zero-order valence-electron chi connectivity index (χ0n) is 18.1. The standard InChI is InChI=1S/C26H24N4O3/c27-13-19-22(18-10-11-20-21(12-18)32-14-31-20)23-24(29-30-26(23)33-25(19)28)17-8-6-16(7-9-17)15-4-2-1-3-5-15/h6-12,15,22H,1-5,14,28H2,(H,29,30)/t22-/m1/s1. The zero-order chi connectivity index (χ0) is 22.4. The van der Waals surface area contributed by atoms with Gasteiger partial charge in [-0.15, -0.1) is 5.10 Å². The molecule has 0 bridgehead atoms. The van der Waals surface area contributed by atoms with Crippen molar-refractivity contribution < 1.29 is 14.2 Å². The molecule has 1 atom stereocenters. The number of fused-ring (bicyclic) bond motifs is 2. The van der Waals surface area contributed by atoms with Gasteiger partial charge in [0.15, 0.2) is 11.5 Å². The monoisotopic (exact) mass is 440 g/mol. The number of nitrogens with one attached hydrogen (secondary N) is 1. The van der Waals surface area contributed by atoms with E-state index in [1.807, 2.05) is 18.2 Å². The van der Waals surface area contributed by atoms with Gasteiger partial charge in [0.2, 0.25) is 18.6 Å². The molecule has 0 unspecified atom stereocenters. The van der Waals surface area contributed by atoms with Crippen LogP contribution in [0.2, 0.25) is 0 Å². The SMILES string of the molecule is N#CC1=C(N)Oc2n[nH]c(-c3ccc(C4CCCCC4)cc3)c2[C@@H]1c1ccc2c(c1)OCO2. The highest BCUT2D eigenvalue weighted by molar-refractivity contribution is 5.71. The van der Waals surface area contributed by atoms with Crippen molar-refractivity contribution >= 4 is 0 Å². The number of hydrogen-bond donors (Lipinski definition) is 2. The Morgan fingerprint density at radius 2 is 1.73 bits per heavy atom. The number of hydrogen-bond acceptors (Lipinski definition) is 6. The number of aromatic amines is 1. The van der Waals surface area contributed by atoms with Gasteiger partial charge in [-0.05, 0) is 42.0 Å². The molecule has 3 aromatic rings. The van der Waals surface area contributed by atoms with E-state index in [4.69, 9.17) is 19.9 Å². The second-order valence-corrected chi connectivity index (χ2v) is 8.81. The molecule has 3 N–H and O–H groups in total. The van der Waals surface area contributed by atoms with Crippen LogP contribution in [0, 0.1) is 11.3 Å². The van der Waals surface area contributed by atoms with Crippen molar-refractivity contribution in [3.8, 4) is 34.7 Å². The zero-order valence-corrected chi connectivity index (χ0v) is 18.1. The van der Waals surface area contributed by atoms with Crippen molar-refractivity contribution in [2.24, 2.45) is 5.73 Å². The number of benzene rings is 2. The molecule has 1 fully saturated rings. The van der Waals surface area contributed by atoms with E-state index in [1.54, 1.807) is 0 Å². The minimum Gasteiger partial charge on any atom is -0.454 e. The van der Waals surface area contributed by atoms with Gasteiger partial charge in [0.05, 0.1) is 17.2 Å². The molecule has 0 spiro atoms. The normalized spacial score (nSPS) is 19.7. The van der Waals surface area contributed by atoms with Crippen LogP contribution in [-0.4, -0.2) is 17.0 Å². The first-order valence-electron chi connectivity index (χ1n) is 11.4. The smallest absolute Gasteiger partial charge is 0.244 e. The lowest BCUT2D eigenvalue weighted by molar-refractivity contribution is 0.174. The lowest BCUT2D eigenvalue weighted by Crippen LogP contribution is -2.21. The van der Waals surface area contributed by atoms with Crippen LogP contribution in [0.4, 0.5) is 0 Å². The minimum atomic E-state index is -0.431. The van der Waals surface area contributed by atoms with Crippen LogP contribution in [-0.2, 0) is 0 Å². The number of nitriles is 1. The van der Waals surface area contributed by atoms with E-state index >= 15 is 0 Å². The topological polar surface area (TPSA) is 106 Å². The lowest BCUT2D eigenvalue weighted by Gasteiger charge is -2.24.